The number of hydrogen-bond acceptors (Lipinski definition) is 8. The van der Waals surface area contributed by atoms with Crippen LogP contribution in [0.5, 0.6) is 0 Å². The summed E-state index contributed by atoms with van der Waals surface area (Å²) in [4.78, 5) is 17.7. The summed E-state index contributed by atoms with van der Waals surface area (Å²) in [5.74, 6) is 1.32. The molecular weight excluding hydrogens is 486 g/mol. The lowest BCUT2D eigenvalue weighted by atomic mass is 9.43. The number of carbonyl (C=O) groups is 1. The van der Waals surface area contributed by atoms with E-state index in [-0.39, 0.29) is 35.0 Å². The minimum Gasteiger partial charge on any atom is -0.458 e. The van der Waals surface area contributed by atoms with E-state index < -0.39 is 23.9 Å². The molecule has 0 aromatic heterocycles. The second-order valence-electron chi connectivity index (χ2n) is 13.9. The summed E-state index contributed by atoms with van der Waals surface area (Å²) in [5, 5.41) is 34.9. The standard InChI is InChI=1S/C30H47NO7/c1-17-27(34)24(32)15-25(38-17)31(36-4)20-7-10-28(2)19(14-20)5-6-23-22(28)8-11-29(3)21(9-12-30(23,29)35)18-13-26(33)37-16-18/h13,17,19-25,27,32,34-35H,5-12,14-16H2,1-4H3/t17-,19?,20+,21-,22+,23?,24+,25-,27-,28+,29-,30+/m1/s1. The first-order valence-electron chi connectivity index (χ1n) is 15.0. The van der Waals surface area contributed by atoms with Crippen molar-refractivity contribution < 1.29 is 34.4 Å². The number of fused-ring (bicyclic) bond motifs is 5. The second kappa shape index (κ2) is 9.52. The molecule has 4 saturated carbocycles. The molecule has 0 amide bonds. The van der Waals surface area contributed by atoms with Gasteiger partial charge in [0, 0.05) is 24.0 Å². The van der Waals surface area contributed by atoms with Crippen molar-refractivity contribution in [2.75, 3.05) is 13.7 Å². The van der Waals surface area contributed by atoms with Gasteiger partial charge in [-0.05, 0) is 99.4 Å². The first kappa shape index (κ1) is 27.2. The third-order valence-corrected chi connectivity index (χ3v) is 12.5. The fourth-order valence-electron chi connectivity index (χ4n) is 10.3. The number of carbonyl (C=O) groups excluding carboxylic acids is 1. The van der Waals surface area contributed by atoms with E-state index in [0.29, 0.717) is 30.8 Å². The van der Waals surface area contributed by atoms with Crippen LogP contribution in [-0.2, 0) is 19.1 Å². The Labute approximate surface area is 226 Å². The highest BCUT2D eigenvalue weighted by atomic mass is 16.7. The van der Waals surface area contributed by atoms with E-state index in [1.165, 1.54) is 0 Å². The van der Waals surface area contributed by atoms with Crippen molar-refractivity contribution in [3.05, 3.63) is 11.6 Å². The molecule has 2 unspecified atom stereocenters. The number of esters is 1. The summed E-state index contributed by atoms with van der Waals surface area (Å²) in [6, 6.07) is 0.203. The molecule has 0 aromatic rings. The van der Waals surface area contributed by atoms with Gasteiger partial charge in [-0.3, -0.25) is 4.84 Å². The lowest BCUT2D eigenvalue weighted by Crippen LogP contribution is -2.63. The molecule has 12 atom stereocenters. The van der Waals surface area contributed by atoms with Crippen LogP contribution in [0.2, 0.25) is 0 Å². The van der Waals surface area contributed by atoms with Crippen LogP contribution >= 0.6 is 0 Å². The molecule has 3 N–H and O–H groups in total. The molecule has 214 valence electrons. The third-order valence-electron chi connectivity index (χ3n) is 12.5. The average molecular weight is 534 g/mol. The Bertz CT molecular complexity index is 960. The zero-order valence-corrected chi connectivity index (χ0v) is 23.5. The Morgan fingerprint density at radius 2 is 1.82 bits per heavy atom. The van der Waals surface area contributed by atoms with Crippen molar-refractivity contribution in [2.45, 2.75) is 121 Å². The summed E-state index contributed by atoms with van der Waals surface area (Å²) < 4.78 is 11.3. The fourth-order valence-corrected chi connectivity index (χ4v) is 10.3. The SMILES string of the molecule is CON([C@H]1CC[C@@]2(C)C(CCC3[C@@H]2CC[C@]2(C)[C@@H](C4=CC(=O)OC4)CC[C@]32O)C1)[C@H]1C[C@H](O)[C@H](O)[C@@H](C)O1. The maximum Gasteiger partial charge on any atom is 0.331 e. The van der Waals surface area contributed by atoms with E-state index in [1.807, 2.05) is 5.06 Å². The number of nitrogens with zero attached hydrogens (tertiary/aromatic N) is 1. The van der Waals surface area contributed by atoms with E-state index in [0.717, 1.165) is 63.4 Å². The Morgan fingerprint density at radius 1 is 1.03 bits per heavy atom. The minimum absolute atomic E-state index is 0.177. The molecule has 0 spiro atoms. The molecule has 0 radical (unpaired) electrons. The minimum atomic E-state index is -0.870. The first-order valence-corrected chi connectivity index (χ1v) is 15.0. The normalized spacial score (nSPS) is 52.7. The Hall–Kier alpha value is -1.03. The topological polar surface area (TPSA) is 109 Å². The molecule has 5 fully saturated rings. The van der Waals surface area contributed by atoms with Crippen molar-refractivity contribution in [3.63, 3.8) is 0 Å². The van der Waals surface area contributed by atoms with Gasteiger partial charge in [0.25, 0.3) is 0 Å². The third kappa shape index (κ3) is 3.88. The summed E-state index contributed by atoms with van der Waals surface area (Å²) >= 11 is 0. The highest BCUT2D eigenvalue weighted by Crippen LogP contribution is 2.70. The molecule has 6 rings (SSSR count). The molecule has 2 aliphatic heterocycles. The zero-order chi connectivity index (χ0) is 27.0. The van der Waals surface area contributed by atoms with Gasteiger partial charge >= 0.3 is 5.97 Å². The van der Waals surface area contributed by atoms with E-state index in [4.69, 9.17) is 14.3 Å². The fraction of sp³-hybridized carbons (Fsp3) is 0.900. The van der Waals surface area contributed by atoms with Gasteiger partial charge in [0.15, 0.2) is 0 Å². The summed E-state index contributed by atoms with van der Waals surface area (Å²) in [7, 11) is 1.68. The van der Waals surface area contributed by atoms with Crippen LogP contribution < -0.4 is 0 Å². The van der Waals surface area contributed by atoms with Gasteiger partial charge in [-0.15, -0.1) is 0 Å². The van der Waals surface area contributed by atoms with Crippen molar-refractivity contribution in [3.8, 4) is 0 Å². The van der Waals surface area contributed by atoms with Crippen LogP contribution in [0.25, 0.3) is 0 Å². The van der Waals surface area contributed by atoms with E-state index >= 15 is 0 Å². The van der Waals surface area contributed by atoms with Crippen molar-refractivity contribution >= 4 is 5.97 Å². The largest absolute Gasteiger partial charge is 0.458 e. The Morgan fingerprint density at radius 3 is 2.50 bits per heavy atom. The molecule has 1 saturated heterocycles. The Kier molecular flexibility index (Phi) is 6.80. The van der Waals surface area contributed by atoms with E-state index in [1.54, 1.807) is 20.1 Å². The lowest BCUT2D eigenvalue weighted by Gasteiger charge is -2.64. The first-order chi connectivity index (χ1) is 18.0. The van der Waals surface area contributed by atoms with E-state index in [9.17, 15) is 20.1 Å². The molecule has 0 aromatic carbocycles. The van der Waals surface area contributed by atoms with Crippen LogP contribution in [0.1, 0.15) is 85.0 Å². The predicted octanol–water partition coefficient (Wildman–Crippen LogP) is 3.33. The van der Waals surface area contributed by atoms with Gasteiger partial charge < -0.3 is 24.8 Å². The molecule has 2 heterocycles. The Balaban J connectivity index is 1.19. The summed E-state index contributed by atoms with van der Waals surface area (Å²) in [6.45, 7) is 6.95. The van der Waals surface area contributed by atoms with Gasteiger partial charge in [0.2, 0.25) is 0 Å². The molecule has 8 nitrogen and oxygen atoms in total. The quantitative estimate of drug-likeness (QED) is 0.373. The number of rotatable bonds is 4. The number of hydrogen-bond donors (Lipinski definition) is 3. The number of hydroxylamine groups is 2. The molecule has 4 aliphatic carbocycles. The van der Waals surface area contributed by atoms with Gasteiger partial charge in [-0.25, -0.2) is 4.79 Å². The maximum absolute atomic E-state index is 12.4. The molecule has 8 heteroatoms. The van der Waals surface area contributed by atoms with Gasteiger partial charge in [0.05, 0.1) is 24.9 Å². The highest BCUT2D eigenvalue weighted by Gasteiger charge is 2.67. The van der Waals surface area contributed by atoms with Gasteiger partial charge in [0.1, 0.15) is 18.9 Å². The number of ether oxygens (including phenoxy) is 2. The summed E-state index contributed by atoms with van der Waals surface area (Å²) in [6.07, 6.45) is 8.62. The van der Waals surface area contributed by atoms with Gasteiger partial charge in [-0.1, -0.05) is 13.8 Å². The number of cyclic esters (lactones) is 1. The number of aliphatic hydroxyl groups excluding tert-OH is 2. The lowest BCUT2D eigenvalue weighted by molar-refractivity contribution is -0.312. The molecular formula is C30H47NO7. The second-order valence-corrected chi connectivity index (χ2v) is 13.9. The maximum atomic E-state index is 12.4. The zero-order valence-electron chi connectivity index (χ0n) is 23.5. The number of aliphatic hydroxyl groups is 3. The van der Waals surface area contributed by atoms with Gasteiger partial charge in [-0.2, -0.15) is 5.06 Å². The predicted molar refractivity (Wildman–Crippen MR) is 139 cm³/mol. The van der Waals surface area contributed by atoms with Crippen molar-refractivity contribution in [2.24, 2.45) is 34.5 Å². The molecule has 38 heavy (non-hydrogen) atoms. The van der Waals surface area contributed by atoms with Crippen molar-refractivity contribution in [1.82, 2.24) is 5.06 Å². The van der Waals surface area contributed by atoms with Crippen LogP contribution in [-0.4, -0.2) is 76.3 Å². The van der Waals surface area contributed by atoms with E-state index in [2.05, 4.69) is 13.8 Å². The summed E-state index contributed by atoms with van der Waals surface area (Å²) in [5.41, 5.74) is 0.362. The molecule has 0 bridgehead atoms. The van der Waals surface area contributed by atoms with Crippen LogP contribution in [0.4, 0.5) is 0 Å². The van der Waals surface area contributed by atoms with Crippen LogP contribution in [0, 0.1) is 34.5 Å². The average Bonchev–Trinajstić information content (AvgIpc) is 3.42. The van der Waals surface area contributed by atoms with Crippen molar-refractivity contribution in [1.29, 1.82) is 0 Å². The van der Waals surface area contributed by atoms with Crippen LogP contribution in [0.15, 0.2) is 11.6 Å². The van der Waals surface area contributed by atoms with Crippen LogP contribution in [0.3, 0.4) is 0 Å². The highest BCUT2D eigenvalue weighted by molar-refractivity contribution is 5.85. The smallest absolute Gasteiger partial charge is 0.331 e. The molecule has 6 aliphatic rings. The monoisotopic (exact) mass is 533 g/mol.